The third kappa shape index (κ3) is 6.40. The van der Waals surface area contributed by atoms with Crippen molar-refractivity contribution in [2.45, 2.75) is 39.3 Å². The maximum atomic E-state index is 4.99. The molecule has 1 aliphatic heterocycles. The van der Waals surface area contributed by atoms with E-state index in [1.54, 1.807) is 11.3 Å². The number of hydrogen-bond donors (Lipinski definition) is 1. The second-order valence-electron chi connectivity index (χ2n) is 6.68. The maximum Gasteiger partial charge on any atom is 0.194 e. The van der Waals surface area contributed by atoms with Gasteiger partial charge in [0.25, 0.3) is 0 Å². The van der Waals surface area contributed by atoms with Crippen molar-refractivity contribution in [1.29, 1.82) is 0 Å². The quantitative estimate of drug-likeness (QED) is 0.336. The third-order valence-corrected chi connectivity index (χ3v) is 6.43. The highest BCUT2D eigenvalue weighted by Crippen LogP contribution is 2.28. The van der Waals surface area contributed by atoms with Crippen molar-refractivity contribution < 1.29 is 0 Å². The van der Waals surface area contributed by atoms with Gasteiger partial charge >= 0.3 is 0 Å². The SMILES string of the molecule is CCNC(=NCC(c1cccs1)N1CCCC1)N(C)Cc1csc(C)n1.I. The molecular weight excluding hydrogens is 489 g/mol. The van der Waals surface area contributed by atoms with Gasteiger partial charge in [0.05, 0.1) is 29.8 Å². The second kappa shape index (κ2) is 11.3. The molecule has 1 aliphatic rings. The average molecular weight is 520 g/mol. The van der Waals surface area contributed by atoms with Crippen LogP contribution >= 0.6 is 46.7 Å². The van der Waals surface area contributed by atoms with Crippen molar-refractivity contribution in [3.63, 3.8) is 0 Å². The number of nitrogens with one attached hydrogen (secondary N) is 1. The van der Waals surface area contributed by atoms with Gasteiger partial charge < -0.3 is 10.2 Å². The predicted octanol–water partition coefficient (Wildman–Crippen LogP) is 4.37. The summed E-state index contributed by atoms with van der Waals surface area (Å²) in [6, 6.07) is 4.79. The normalized spacial score (nSPS) is 16.2. The van der Waals surface area contributed by atoms with Crippen molar-refractivity contribution >= 4 is 52.6 Å². The zero-order chi connectivity index (χ0) is 18.4. The molecule has 0 bridgehead atoms. The Balaban J connectivity index is 0.00000261. The van der Waals surface area contributed by atoms with Crippen molar-refractivity contribution in [3.8, 4) is 0 Å². The summed E-state index contributed by atoms with van der Waals surface area (Å²) in [6.45, 7) is 8.98. The number of hydrogen-bond acceptors (Lipinski definition) is 5. The van der Waals surface area contributed by atoms with Crippen LogP contribution in [0.1, 0.15) is 41.4 Å². The van der Waals surface area contributed by atoms with Crippen LogP contribution in [0.2, 0.25) is 0 Å². The molecule has 0 aromatic carbocycles. The summed E-state index contributed by atoms with van der Waals surface area (Å²) < 4.78 is 0. The number of aryl methyl sites for hydroxylation is 1. The molecule has 1 N–H and O–H groups in total. The number of aliphatic imine (C=N–C) groups is 1. The van der Waals surface area contributed by atoms with E-state index in [-0.39, 0.29) is 24.0 Å². The van der Waals surface area contributed by atoms with Crippen LogP contribution in [0, 0.1) is 6.92 Å². The van der Waals surface area contributed by atoms with Crippen LogP contribution in [0.4, 0.5) is 0 Å². The molecule has 2 aromatic heterocycles. The molecule has 150 valence electrons. The van der Waals surface area contributed by atoms with Crippen LogP contribution < -0.4 is 5.32 Å². The molecule has 1 unspecified atom stereocenters. The summed E-state index contributed by atoms with van der Waals surface area (Å²) in [5.41, 5.74) is 1.11. The van der Waals surface area contributed by atoms with Gasteiger partial charge in [0, 0.05) is 23.8 Å². The Hall–Kier alpha value is -0.710. The largest absolute Gasteiger partial charge is 0.357 e. The lowest BCUT2D eigenvalue weighted by Gasteiger charge is -2.27. The zero-order valence-electron chi connectivity index (χ0n) is 16.4. The summed E-state index contributed by atoms with van der Waals surface area (Å²) in [5, 5.41) is 8.85. The predicted molar refractivity (Wildman–Crippen MR) is 128 cm³/mol. The van der Waals surface area contributed by atoms with Crippen LogP contribution in [0.5, 0.6) is 0 Å². The number of rotatable bonds is 7. The van der Waals surface area contributed by atoms with E-state index in [9.17, 15) is 0 Å². The van der Waals surface area contributed by atoms with E-state index >= 15 is 0 Å². The van der Waals surface area contributed by atoms with Gasteiger partial charge in [-0.25, -0.2) is 4.98 Å². The van der Waals surface area contributed by atoms with Gasteiger partial charge in [-0.2, -0.15) is 0 Å². The molecule has 2 aromatic rings. The molecule has 0 aliphatic carbocycles. The number of likely N-dealkylation sites (tertiary alicyclic amines) is 1. The van der Waals surface area contributed by atoms with Gasteiger partial charge in [-0.15, -0.1) is 46.7 Å². The minimum atomic E-state index is 0. The Bertz CT molecular complexity index is 695. The molecule has 1 saturated heterocycles. The molecule has 3 rings (SSSR count). The fraction of sp³-hybridized carbons (Fsp3) is 0.579. The molecular formula is C19H30IN5S2. The van der Waals surface area contributed by atoms with Crippen molar-refractivity contribution in [2.24, 2.45) is 4.99 Å². The first-order valence-electron chi connectivity index (χ1n) is 9.35. The van der Waals surface area contributed by atoms with Gasteiger partial charge in [-0.05, 0) is 51.2 Å². The van der Waals surface area contributed by atoms with Crippen molar-refractivity contribution in [1.82, 2.24) is 20.1 Å². The number of nitrogens with zero attached hydrogens (tertiary/aromatic N) is 4. The molecule has 27 heavy (non-hydrogen) atoms. The summed E-state index contributed by atoms with van der Waals surface area (Å²) >= 11 is 3.54. The fourth-order valence-corrected chi connectivity index (χ4v) is 4.82. The van der Waals surface area contributed by atoms with Crippen LogP contribution in [0.3, 0.4) is 0 Å². The van der Waals surface area contributed by atoms with Crippen molar-refractivity contribution in [3.05, 3.63) is 38.5 Å². The average Bonchev–Trinajstić information content (AvgIpc) is 3.37. The monoisotopic (exact) mass is 519 g/mol. The Morgan fingerprint density at radius 3 is 2.74 bits per heavy atom. The fourth-order valence-electron chi connectivity index (χ4n) is 3.36. The Morgan fingerprint density at radius 2 is 2.15 bits per heavy atom. The lowest BCUT2D eigenvalue weighted by atomic mass is 10.2. The molecule has 3 heterocycles. The first-order valence-corrected chi connectivity index (χ1v) is 11.1. The van der Waals surface area contributed by atoms with E-state index in [1.165, 1.54) is 30.8 Å². The van der Waals surface area contributed by atoms with E-state index in [1.807, 2.05) is 11.3 Å². The molecule has 0 radical (unpaired) electrons. The van der Waals surface area contributed by atoms with Crippen LogP contribution in [0.15, 0.2) is 27.9 Å². The number of thiophene rings is 1. The minimum absolute atomic E-state index is 0. The third-order valence-electron chi connectivity index (χ3n) is 4.63. The highest BCUT2D eigenvalue weighted by Gasteiger charge is 2.24. The topological polar surface area (TPSA) is 43.8 Å². The smallest absolute Gasteiger partial charge is 0.194 e. The Kier molecular flexibility index (Phi) is 9.47. The van der Waals surface area contributed by atoms with Crippen LogP contribution in [-0.2, 0) is 6.54 Å². The molecule has 1 atom stereocenters. The highest BCUT2D eigenvalue weighted by atomic mass is 127. The number of halogens is 1. The van der Waals surface area contributed by atoms with E-state index in [4.69, 9.17) is 4.99 Å². The van der Waals surface area contributed by atoms with Gasteiger partial charge in [-0.1, -0.05) is 6.07 Å². The second-order valence-corrected chi connectivity index (χ2v) is 8.72. The van der Waals surface area contributed by atoms with Crippen LogP contribution in [0.25, 0.3) is 0 Å². The first-order chi connectivity index (χ1) is 12.7. The molecule has 0 saturated carbocycles. The maximum absolute atomic E-state index is 4.99. The molecule has 8 heteroatoms. The lowest BCUT2D eigenvalue weighted by Crippen LogP contribution is -2.39. The van der Waals surface area contributed by atoms with Crippen LogP contribution in [-0.4, -0.2) is 54.0 Å². The summed E-state index contributed by atoms with van der Waals surface area (Å²) in [6.07, 6.45) is 2.60. The van der Waals surface area contributed by atoms with E-state index in [2.05, 4.69) is 63.9 Å². The molecule has 0 spiro atoms. The minimum Gasteiger partial charge on any atom is -0.357 e. The lowest BCUT2D eigenvalue weighted by molar-refractivity contribution is 0.254. The van der Waals surface area contributed by atoms with E-state index in [0.29, 0.717) is 6.04 Å². The van der Waals surface area contributed by atoms with E-state index < -0.39 is 0 Å². The number of thiazole rings is 1. The highest BCUT2D eigenvalue weighted by molar-refractivity contribution is 14.0. The van der Waals surface area contributed by atoms with Gasteiger partial charge in [-0.3, -0.25) is 9.89 Å². The molecule has 0 amide bonds. The van der Waals surface area contributed by atoms with E-state index in [0.717, 1.165) is 36.3 Å². The standard InChI is InChI=1S/C19H29N5S2.HI/c1-4-20-19(23(3)13-16-14-26-15(2)22-16)21-12-17(18-8-7-11-25-18)24-9-5-6-10-24;/h7-8,11,14,17H,4-6,9-10,12-13H2,1-3H3,(H,20,21);1H. The first kappa shape index (κ1) is 22.6. The van der Waals surface area contributed by atoms with Gasteiger partial charge in [0.1, 0.15) is 0 Å². The number of aromatic nitrogens is 1. The molecule has 5 nitrogen and oxygen atoms in total. The van der Waals surface area contributed by atoms with Crippen molar-refractivity contribution in [2.75, 3.05) is 33.2 Å². The summed E-state index contributed by atoms with van der Waals surface area (Å²) in [4.78, 5) is 15.7. The Labute approximate surface area is 187 Å². The van der Waals surface area contributed by atoms with Gasteiger partial charge in [0.2, 0.25) is 0 Å². The zero-order valence-corrected chi connectivity index (χ0v) is 20.3. The Morgan fingerprint density at radius 1 is 1.37 bits per heavy atom. The summed E-state index contributed by atoms with van der Waals surface area (Å²) in [7, 11) is 2.09. The van der Waals surface area contributed by atoms with Gasteiger partial charge in [0.15, 0.2) is 5.96 Å². The molecule has 1 fully saturated rings. The summed E-state index contributed by atoms with van der Waals surface area (Å²) in [5.74, 6) is 0.957. The number of guanidine groups is 1.